The van der Waals surface area contributed by atoms with Crippen molar-refractivity contribution in [2.75, 3.05) is 12.8 Å². The van der Waals surface area contributed by atoms with Crippen LogP contribution in [-0.4, -0.2) is 12.1 Å². The quantitative estimate of drug-likeness (QED) is 0.747. The molecule has 4 nitrogen and oxygen atoms in total. The largest absolute Gasteiger partial charge is 0.496 e. The molecule has 2 aromatic carbocycles. The van der Waals surface area contributed by atoms with Crippen LogP contribution in [0.3, 0.4) is 0 Å². The van der Waals surface area contributed by atoms with Crippen LogP contribution in [0.4, 0.5) is 6.01 Å². The van der Waals surface area contributed by atoms with Crippen molar-refractivity contribution < 1.29 is 9.15 Å². The standard InChI is InChI=1S/C14H12N2O2/c1-17-12-7-6-11(13-8-16-14(15)18-13)9-4-2-3-5-10(9)12/h2-8H,1H3,(H2,15,16). The molecule has 0 fully saturated rings. The molecule has 0 radical (unpaired) electrons. The summed E-state index contributed by atoms with van der Waals surface area (Å²) in [5, 5.41) is 2.08. The SMILES string of the molecule is COc1ccc(-c2cnc(N)o2)c2ccccc12. The van der Waals surface area contributed by atoms with Gasteiger partial charge in [-0.3, -0.25) is 0 Å². The zero-order valence-corrected chi connectivity index (χ0v) is 9.88. The molecule has 0 aliphatic rings. The highest BCUT2D eigenvalue weighted by Crippen LogP contribution is 2.34. The maximum absolute atomic E-state index is 5.51. The summed E-state index contributed by atoms with van der Waals surface area (Å²) in [7, 11) is 1.66. The topological polar surface area (TPSA) is 61.3 Å². The molecule has 3 rings (SSSR count). The summed E-state index contributed by atoms with van der Waals surface area (Å²) in [4.78, 5) is 3.92. The molecular formula is C14H12N2O2. The van der Waals surface area contributed by atoms with Crippen molar-refractivity contribution >= 4 is 16.8 Å². The van der Waals surface area contributed by atoms with Crippen molar-refractivity contribution in [3.63, 3.8) is 0 Å². The number of nitrogens with zero attached hydrogens (tertiary/aromatic N) is 1. The van der Waals surface area contributed by atoms with Crippen LogP contribution in [0.15, 0.2) is 47.0 Å². The Bertz CT molecular complexity index is 704. The highest BCUT2D eigenvalue weighted by Gasteiger charge is 2.10. The van der Waals surface area contributed by atoms with E-state index in [1.807, 2.05) is 36.4 Å². The van der Waals surface area contributed by atoms with Gasteiger partial charge < -0.3 is 14.9 Å². The molecule has 90 valence electrons. The molecule has 0 bridgehead atoms. The Hall–Kier alpha value is -2.49. The van der Waals surface area contributed by atoms with Gasteiger partial charge in [0.2, 0.25) is 0 Å². The van der Waals surface area contributed by atoms with E-state index < -0.39 is 0 Å². The molecule has 4 heteroatoms. The molecule has 1 aromatic heterocycles. The van der Waals surface area contributed by atoms with Gasteiger partial charge in [0.1, 0.15) is 5.75 Å². The Morgan fingerprint density at radius 1 is 1.11 bits per heavy atom. The first kappa shape index (κ1) is 10.7. The van der Waals surface area contributed by atoms with Gasteiger partial charge in [-0.15, -0.1) is 0 Å². The molecule has 0 saturated heterocycles. The molecule has 2 N–H and O–H groups in total. The summed E-state index contributed by atoms with van der Waals surface area (Å²) in [5.74, 6) is 1.49. The van der Waals surface area contributed by atoms with Crippen LogP contribution in [-0.2, 0) is 0 Å². The molecule has 18 heavy (non-hydrogen) atoms. The van der Waals surface area contributed by atoms with E-state index in [4.69, 9.17) is 14.9 Å². The van der Waals surface area contributed by atoms with E-state index in [9.17, 15) is 0 Å². The molecule has 0 aliphatic carbocycles. The Labute approximate surface area is 104 Å². The smallest absolute Gasteiger partial charge is 0.292 e. The number of hydrogen-bond donors (Lipinski definition) is 1. The van der Waals surface area contributed by atoms with Crippen LogP contribution in [0.5, 0.6) is 5.75 Å². The monoisotopic (exact) mass is 240 g/mol. The summed E-state index contributed by atoms with van der Waals surface area (Å²) < 4.78 is 10.7. The van der Waals surface area contributed by atoms with Gasteiger partial charge in [0.25, 0.3) is 6.01 Å². The third kappa shape index (κ3) is 1.59. The van der Waals surface area contributed by atoms with Gasteiger partial charge in [0, 0.05) is 10.9 Å². The average molecular weight is 240 g/mol. The number of anilines is 1. The first-order valence-electron chi connectivity index (χ1n) is 5.57. The molecule has 0 aliphatic heterocycles. The van der Waals surface area contributed by atoms with Crippen molar-refractivity contribution in [1.29, 1.82) is 0 Å². The van der Waals surface area contributed by atoms with E-state index >= 15 is 0 Å². The lowest BCUT2D eigenvalue weighted by Crippen LogP contribution is -1.86. The van der Waals surface area contributed by atoms with E-state index in [2.05, 4.69) is 4.98 Å². The summed E-state index contributed by atoms with van der Waals surface area (Å²) in [6.07, 6.45) is 1.63. The maximum atomic E-state index is 5.51. The highest BCUT2D eigenvalue weighted by molar-refractivity contribution is 5.99. The minimum absolute atomic E-state index is 0.171. The summed E-state index contributed by atoms with van der Waals surface area (Å²) >= 11 is 0. The van der Waals surface area contributed by atoms with Gasteiger partial charge >= 0.3 is 0 Å². The van der Waals surface area contributed by atoms with Crippen LogP contribution >= 0.6 is 0 Å². The number of aromatic nitrogens is 1. The number of hydrogen-bond acceptors (Lipinski definition) is 4. The third-order valence-electron chi connectivity index (χ3n) is 2.89. The van der Waals surface area contributed by atoms with Crippen molar-refractivity contribution in [2.24, 2.45) is 0 Å². The fraction of sp³-hybridized carbons (Fsp3) is 0.0714. The van der Waals surface area contributed by atoms with Crippen LogP contribution in [0, 0.1) is 0 Å². The molecule has 3 aromatic rings. The predicted molar refractivity (Wildman–Crippen MR) is 70.4 cm³/mol. The molecule has 0 spiro atoms. The minimum Gasteiger partial charge on any atom is -0.496 e. The van der Waals surface area contributed by atoms with Gasteiger partial charge in [-0.2, -0.15) is 0 Å². The summed E-state index contributed by atoms with van der Waals surface area (Å²) in [6.45, 7) is 0. The van der Waals surface area contributed by atoms with Crippen LogP contribution in [0.25, 0.3) is 22.1 Å². The average Bonchev–Trinajstić information content (AvgIpc) is 2.84. The lowest BCUT2D eigenvalue weighted by Gasteiger charge is -2.08. The van der Waals surface area contributed by atoms with Gasteiger partial charge in [0.05, 0.1) is 13.3 Å². The van der Waals surface area contributed by atoms with Crippen molar-refractivity contribution in [3.05, 3.63) is 42.6 Å². The first-order valence-corrected chi connectivity index (χ1v) is 5.57. The van der Waals surface area contributed by atoms with Crippen LogP contribution in [0.2, 0.25) is 0 Å². The van der Waals surface area contributed by atoms with Crippen LogP contribution < -0.4 is 10.5 Å². The minimum atomic E-state index is 0.171. The number of rotatable bonds is 2. The summed E-state index contributed by atoms with van der Waals surface area (Å²) in [5.41, 5.74) is 6.47. The van der Waals surface area contributed by atoms with E-state index in [-0.39, 0.29) is 6.01 Å². The third-order valence-corrected chi connectivity index (χ3v) is 2.89. The zero-order valence-electron chi connectivity index (χ0n) is 9.88. The van der Waals surface area contributed by atoms with E-state index in [1.165, 1.54) is 0 Å². The molecule has 1 heterocycles. The molecule has 0 amide bonds. The second-order valence-corrected chi connectivity index (χ2v) is 3.92. The van der Waals surface area contributed by atoms with Gasteiger partial charge in [-0.1, -0.05) is 24.3 Å². The number of fused-ring (bicyclic) bond motifs is 1. The first-order chi connectivity index (χ1) is 8.79. The Kier molecular flexibility index (Phi) is 2.41. The van der Waals surface area contributed by atoms with E-state index in [0.717, 1.165) is 22.1 Å². The summed E-state index contributed by atoms with van der Waals surface area (Å²) in [6, 6.07) is 12.0. The Morgan fingerprint density at radius 2 is 1.89 bits per heavy atom. The molecule has 0 atom stereocenters. The molecule has 0 saturated carbocycles. The predicted octanol–water partition coefficient (Wildman–Crippen LogP) is 3.09. The Morgan fingerprint density at radius 3 is 2.56 bits per heavy atom. The van der Waals surface area contributed by atoms with E-state index in [1.54, 1.807) is 13.3 Å². The number of ether oxygens (including phenoxy) is 1. The zero-order chi connectivity index (χ0) is 12.5. The van der Waals surface area contributed by atoms with Crippen LogP contribution in [0.1, 0.15) is 0 Å². The number of nitrogen functional groups attached to an aromatic ring is 1. The number of oxazole rings is 1. The second kappa shape index (κ2) is 4.07. The lowest BCUT2D eigenvalue weighted by molar-refractivity contribution is 0.420. The van der Waals surface area contributed by atoms with Gasteiger partial charge in [-0.25, -0.2) is 4.98 Å². The van der Waals surface area contributed by atoms with Crippen molar-refractivity contribution in [1.82, 2.24) is 4.98 Å². The Balaban J connectivity index is 2.31. The molecular weight excluding hydrogens is 228 g/mol. The van der Waals surface area contributed by atoms with Crippen molar-refractivity contribution in [2.45, 2.75) is 0 Å². The number of benzene rings is 2. The number of methoxy groups -OCH3 is 1. The van der Waals surface area contributed by atoms with Crippen molar-refractivity contribution in [3.8, 4) is 17.1 Å². The normalized spacial score (nSPS) is 10.7. The second-order valence-electron chi connectivity index (χ2n) is 3.92. The highest BCUT2D eigenvalue weighted by atomic mass is 16.5. The molecule has 0 unspecified atom stereocenters. The fourth-order valence-electron chi connectivity index (χ4n) is 2.08. The van der Waals surface area contributed by atoms with Gasteiger partial charge in [0.15, 0.2) is 5.76 Å². The van der Waals surface area contributed by atoms with Gasteiger partial charge in [-0.05, 0) is 17.5 Å². The maximum Gasteiger partial charge on any atom is 0.292 e. The fourth-order valence-corrected chi connectivity index (χ4v) is 2.08. The lowest BCUT2D eigenvalue weighted by atomic mass is 10.0. The van der Waals surface area contributed by atoms with E-state index in [0.29, 0.717) is 5.76 Å². The number of nitrogens with two attached hydrogens (primary N) is 1.